The molecule has 5 heteroatoms. The molecule has 0 aliphatic carbocycles. The van der Waals surface area contributed by atoms with Gasteiger partial charge in [0.2, 0.25) is 0 Å². The van der Waals surface area contributed by atoms with E-state index in [-0.39, 0.29) is 11.9 Å². The highest BCUT2D eigenvalue weighted by atomic mass is 79.9. The minimum absolute atomic E-state index is 0.0906. The maximum atomic E-state index is 12.2. The van der Waals surface area contributed by atoms with Crippen molar-refractivity contribution in [3.8, 4) is 5.75 Å². The Hall–Kier alpha value is -1.88. The number of hydrogen-bond donors (Lipinski definition) is 1. The van der Waals surface area contributed by atoms with Gasteiger partial charge in [0.25, 0.3) is 5.91 Å². The fraction of sp³-hybridized carbons (Fsp3) is 0.250. The topological polar surface area (TPSA) is 51.2 Å². The number of hydrogen-bond acceptors (Lipinski definition) is 3. The van der Waals surface area contributed by atoms with Gasteiger partial charge in [-0.3, -0.25) is 9.78 Å². The van der Waals surface area contributed by atoms with E-state index in [4.69, 9.17) is 4.74 Å². The largest absolute Gasteiger partial charge is 0.494 e. The number of carbonyl (C=O) groups excluding carboxylic acids is 1. The average molecular weight is 349 g/mol. The van der Waals surface area contributed by atoms with Crippen LogP contribution >= 0.6 is 15.9 Å². The Morgan fingerprint density at radius 1 is 1.33 bits per heavy atom. The number of rotatable bonds is 5. The quantitative estimate of drug-likeness (QED) is 0.895. The van der Waals surface area contributed by atoms with Gasteiger partial charge in [-0.2, -0.15) is 0 Å². The maximum Gasteiger partial charge on any atom is 0.253 e. The highest BCUT2D eigenvalue weighted by Crippen LogP contribution is 2.18. The van der Waals surface area contributed by atoms with Gasteiger partial charge < -0.3 is 10.1 Å². The SMILES string of the molecule is CCOc1ccc(C(C)NC(=O)c2cncc(Br)c2)cc1. The average Bonchev–Trinajstić information content (AvgIpc) is 2.48. The second-order valence-electron chi connectivity index (χ2n) is 4.59. The van der Waals surface area contributed by atoms with E-state index in [9.17, 15) is 4.79 Å². The molecule has 2 rings (SSSR count). The number of nitrogens with zero attached hydrogens (tertiary/aromatic N) is 1. The molecule has 2 aromatic rings. The lowest BCUT2D eigenvalue weighted by Gasteiger charge is -2.15. The van der Waals surface area contributed by atoms with Crippen molar-refractivity contribution in [2.24, 2.45) is 0 Å². The van der Waals surface area contributed by atoms with Crippen LogP contribution in [0.15, 0.2) is 47.2 Å². The molecule has 1 atom stereocenters. The summed E-state index contributed by atoms with van der Waals surface area (Å²) in [6.45, 7) is 4.53. The Bertz CT molecular complexity index is 614. The molecular weight excluding hydrogens is 332 g/mol. The summed E-state index contributed by atoms with van der Waals surface area (Å²) in [5.74, 6) is 0.682. The molecule has 0 fully saturated rings. The molecule has 1 aromatic heterocycles. The van der Waals surface area contributed by atoms with Crippen LogP contribution in [0.3, 0.4) is 0 Å². The molecule has 110 valence electrons. The van der Waals surface area contributed by atoms with Crippen LogP contribution in [0.2, 0.25) is 0 Å². The molecule has 4 nitrogen and oxygen atoms in total. The lowest BCUT2D eigenvalue weighted by molar-refractivity contribution is 0.0939. The van der Waals surface area contributed by atoms with Gasteiger partial charge in [0.05, 0.1) is 18.2 Å². The number of nitrogens with one attached hydrogen (secondary N) is 1. The molecule has 0 saturated heterocycles. The van der Waals surface area contributed by atoms with Crippen molar-refractivity contribution in [1.82, 2.24) is 10.3 Å². The summed E-state index contributed by atoms with van der Waals surface area (Å²) >= 11 is 3.31. The van der Waals surface area contributed by atoms with E-state index in [1.807, 2.05) is 38.1 Å². The van der Waals surface area contributed by atoms with Crippen LogP contribution in [0.1, 0.15) is 35.8 Å². The number of amides is 1. The van der Waals surface area contributed by atoms with Gasteiger partial charge in [0.1, 0.15) is 5.75 Å². The molecule has 0 aliphatic rings. The number of carbonyl (C=O) groups is 1. The molecule has 1 N–H and O–H groups in total. The summed E-state index contributed by atoms with van der Waals surface area (Å²) in [5.41, 5.74) is 1.55. The van der Waals surface area contributed by atoms with Crippen molar-refractivity contribution in [3.63, 3.8) is 0 Å². The van der Waals surface area contributed by atoms with Crippen LogP contribution in [0, 0.1) is 0 Å². The molecule has 0 saturated carbocycles. The van der Waals surface area contributed by atoms with E-state index in [0.717, 1.165) is 15.8 Å². The van der Waals surface area contributed by atoms with Crippen LogP contribution in [0.25, 0.3) is 0 Å². The van der Waals surface area contributed by atoms with E-state index >= 15 is 0 Å². The molecular formula is C16H17BrN2O2. The molecule has 0 radical (unpaired) electrons. The van der Waals surface area contributed by atoms with Gasteiger partial charge in [0.15, 0.2) is 0 Å². The van der Waals surface area contributed by atoms with Crippen LogP contribution in [-0.4, -0.2) is 17.5 Å². The second kappa shape index (κ2) is 7.22. The van der Waals surface area contributed by atoms with Gasteiger partial charge in [-0.15, -0.1) is 0 Å². The lowest BCUT2D eigenvalue weighted by atomic mass is 10.1. The van der Waals surface area contributed by atoms with E-state index < -0.39 is 0 Å². The first-order valence-electron chi connectivity index (χ1n) is 6.74. The Morgan fingerprint density at radius 2 is 2.05 bits per heavy atom. The van der Waals surface area contributed by atoms with Crippen molar-refractivity contribution >= 4 is 21.8 Å². The molecule has 1 heterocycles. The molecule has 0 bridgehead atoms. The maximum absolute atomic E-state index is 12.2. The van der Waals surface area contributed by atoms with E-state index in [2.05, 4.69) is 26.2 Å². The number of benzene rings is 1. The first-order valence-corrected chi connectivity index (χ1v) is 7.53. The molecule has 1 unspecified atom stereocenters. The molecule has 1 amide bonds. The van der Waals surface area contributed by atoms with Crippen molar-refractivity contribution in [2.45, 2.75) is 19.9 Å². The summed E-state index contributed by atoms with van der Waals surface area (Å²) in [6.07, 6.45) is 3.19. The Balaban J connectivity index is 2.03. The predicted molar refractivity (Wildman–Crippen MR) is 85.4 cm³/mol. The van der Waals surface area contributed by atoms with Crippen LogP contribution < -0.4 is 10.1 Å². The van der Waals surface area contributed by atoms with Gasteiger partial charge in [-0.25, -0.2) is 0 Å². The molecule has 1 aromatic carbocycles. The summed E-state index contributed by atoms with van der Waals surface area (Å²) in [4.78, 5) is 16.1. The first kappa shape index (κ1) is 15.5. The minimum atomic E-state index is -0.148. The summed E-state index contributed by atoms with van der Waals surface area (Å²) in [5, 5.41) is 2.95. The molecule has 0 aliphatic heterocycles. The smallest absolute Gasteiger partial charge is 0.253 e. The highest BCUT2D eigenvalue weighted by Gasteiger charge is 2.12. The highest BCUT2D eigenvalue weighted by molar-refractivity contribution is 9.10. The third-order valence-corrected chi connectivity index (χ3v) is 3.44. The normalized spacial score (nSPS) is 11.8. The standard InChI is InChI=1S/C16H17BrN2O2/c1-3-21-15-6-4-12(5-7-15)11(2)19-16(20)13-8-14(17)10-18-9-13/h4-11H,3H2,1-2H3,(H,19,20). The number of pyridine rings is 1. The Kier molecular flexibility index (Phi) is 5.33. The Morgan fingerprint density at radius 3 is 2.67 bits per heavy atom. The van der Waals surface area contributed by atoms with Crippen molar-refractivity contribution in [1.29, 1.82) is 0 Å². The fourth-order valence-electron chi connectivity index (χ4n) is 1.92. The molecule has 0 spiro atoms. The Labute approximate surface area is 132 Å². The molecule has 21 heavy (non-hydrogen) atoms. The number of ether oxygens (including phenoxy) is 1. The third-order valence-electron chi connectivity index (χ3n) is 3.01. The first-order chi connectivity index (χ1) is 10.1. The second-order valence-corrected chi connectivity index (χ2v) is 5.50. The predicted octanol–water partition coefficient (Wildman–Crippen LogP) is 3.73. The van der Waals surface area contributed by atoms with E-state index in [1.54, 1.807) is 18.5 Å². The van der Waals surface area contributed by atoms with E-state index in [0.29, 0.717) is 12.2 Å². The van der Waals surface area contributed by atoms with Crippen molar-refractivity contribution in [3.05, 3.63) is 58.3 Å². The van der Waals surface area contributed by atoms with Gasteiger partial charge in [-0.1, -0.05) is 12.1 Å². The summed E-state index contributed by atoms with van der Waals surface area (Å²) in [6, 6.07) is 9.37. The van der Waals surface area contributed by atoms with Crippen molar-refractivity contribution < 1.29 is 9.53 Å². The third kappa shape index (κ3) is 4.29. The number of halogens is 1. The van der Waals surface area contributed by atoms with Gasteiger partial charge >= 0.3 is 0 Å². The lowest BCUT2D eigenvalue weighted by Crippen LogP contribution is -2.26. The van der Waals surface area contributed by atoms with Gasteiger partial charge in [-0.05, 0) is 53.5 Å². The fourth-order valence-corrected chi connectivity index (χ4v) is 2.28. The summed E-state index contributed by atoms with van der Waals surface area (Å²) in [7, 11) is 0. The minimum Gasteiger partial charge on any atom is -0.494 e. The zero-order valence-electron chi connectivity index (χ0n) is 12.0. The van der Waals surface area contributed by atoms with E-state index in [1.165, 1.54) is 0 Å². The monoisotopic (exact) mass is 348 g/mol. The van der Waals surface area contributed by atoms with Crippen LogP contribution in [-0.2, 0) is 0 Å². The van der Waals surface area contributed by atoms with Crippen LogP contribution in [0.4, 0.5) is 0 Å². The zero-order valence-corrected chi connectivity index (χ0v) is 13.6. The van der Waals surface area contributed by atoms with Crippen molar-refractivity contribution in [2.75, 3.05) is 6.61 Å². The van der Waals surface area contributed by atoms with Crippen LogP contribution in [0.5, 0.6) is 5.75 Å². The summed E-state index contributed by atoms with van der Waals surface area (Å²) < 4.78 is 6.18. The van der Waals surface area contributed by atoms with Gasteiger partial charge in [0, 0.05) is 16.9 Å². The zero-order chi connectivity index (χ0) is 15.2. The number of aromatic nitrogens is 1.